The summed E-state index contributed by atoms with van der Waals surface area (Å²) >= 11 is 0. The Kier molecular flexibility index (Phi) is 2.90. The fourth-order valence-electron chi connectivity index (χ4n) is 1.71. The predicted octanol–water partition coefficient (Wildman–Crippen LogP) is 1.68. The monoisotopic (exact) mass is 157 g/mol. The van der Waals surface area contributed by atoms with Gasteiger partial charge in [-0.2, -0.15) is 0 Å². The Morgan fingerprint density at radius 2 is 2.36 bits per heavy atom. The lowest BCUT2D eigenvalue weighted by Gasteiger charge is -2.30. The maximum absolute atomic E-state index is 6.00. The Morgan fingerprint density at radius 3 is 2.82 bits per heavy atom. The predicted molar refractivity (Wildman–Crippen MR) is 46.5 cm³/mol. The van der Waals surface area contributed by atoms with Crippen molar-refractivity contribution in [2.45, 2.75) is 51.2 Å². The highest BCUT2D eigenvalue weighted by molar-refractivity contribution is 4.89. The summed E-state index contributed by atoms with van der Waals surface area (Å²) in [6.45, 7) is 5.20. The van der Waals surface area contributed by atoms with Crippen molar-refractivity contribution in [3.63, 3.8) is 0 Å². The summed E-state index contributed by atoms with van der Waals surface area (Å²) in [5.74, 6) is 0. The number of nitrogens with two attached hydrogens (primary N) is 1. The third kappa shape index (κ3) is 1.94. The molecule has 0 radical (unpaired) electrons. The van der Waals surface area contributed by atoms with E-state index in [1.807, 2.05) is 0 Å². The highest BCUT2D eigenvalue weighted by Gasteiger charge is 2.35. The van der Waals surface area contributed by atoms with Gasteiger partial charge in [0.1, 0.15) is 0 Å². The van der Waals surface area contributed by atoms with Crippen LogP contribution in [0.5, 0.6) is 0 Å². The summed E-state index contributed by atoms with van der Waals surface area (Å²) in [4.78, 5) is 0. The van der Waals surface area contributed by atoms with E-state index in [4.69, 9.17) is 10.5 Å². The standard InChI is InChI=1S/C9H19NO/c1-3-5-8(10)9(2)6-4-7-11-9/h8H,3-7,10H2,1-2H3/t8-,9?/m0/s1. The van der Waals surface area contributed by atoms with Gasteiger partial charge >= 0.3 is 0 Å². The van der Waals surface area contributed by atoms with E-state index in [1.54, 1.807) is 0 Å². The molecule has 2 nitrogen and oxygen atoms in total. The van der Waals surface area contributed by atoms with Crippen LogP contribution in [0.25, 0.3) is 0 Å². The molecule has 2 atom stereocenters. The maximum Gasteiger partial charge on any atom is 0.0805 e. The first-order valence-electron chi connectivity index (χ1n) is 4.58. The van der Waals surface area contributed by atoms with Gasteiger partial charge in [0.2, 0.25) is 0 Å². The van der Waals surface area contributed by atoms with Crippen LogP contribution in [0.2, 0.25) is 0 Å². The summed E-state index contributed by atoms with van der Waals surface area (Å²) in [5, 5.41) is 0. The number of hydrogen-bond acceptors (Lipinski definition) is 2. The van der Waals surface area contributed by atoms with Crippen molar-refractivity contribution in [1.29, 1.82) is 0 Å². The van der Waals surface area contributed by atoms with Gasteiger partial charge in [0.15, 0.2) is 0 Å². The Bertz CT molecular complexity index is 119. The molecule has 0 bridgehead atoms. The molecule has 66 valence electrons. The lowest BCUT2D eigenvalue weighted by atomic mass is 9.91. The van der Waals surface area contributed by atoms with Crippen molar-refractivity contribution in [2.24, 2.45) is 5.73 Å². The molecule has 1 aliphatic heterocycles. The molecule has 0 saturated carbocycles. The van der Waals surface area contributed by atoms with Gasteiger partial charge in [-0.15, -0.1) is 0 Å². The second-order valence-corrected chi connectivity index (χ2v) is 3.66. The fourth-order valence-corrected chi connectivity index (χ4v) is 1.71. The van der Waals surface area contributed by atoms with E-state index in [0.29, 0.717) is 0 Å². The van der Waals surface area contributed by atoms with Gasteiger partial charge in [0, 0.05) is 12.6 Å². The van der Waals surface area contributed by atoms with Crippen LogP contribution in [0.4, 0.5) is 0 Å². The molecule has 1 saturated heterocycles. The van der Waals surface area contributed by atoms with Crippen molar-refractivity contribution in [2.75, 3.05) is 6.61 Å². The SMILES string of the molecule is CCC[C@H](N)C1(C)CCCO1. The van der Waals surface area contributed by atoms with E-state index in [1.165, 1.54) is 6.42 Å². The van der Waals surface area contributed by atoms with Crippen LogP contribution in [0.15, 0.2) is 0 Å². The number of hydrogen-bond donors (Lipinski definition) is 1. The molecule has 2 N–H and O–H groups in total. The first-order valence-corrected chi connectivity index (χ1v) is 4.58. The summed E-state index contributed by atoms with van der Waals surface area (Å²) in [6, 6.07) is 0.231. The quantitative estimate of drug-likeness (QED) is 0.676. The normalized spacial score (nSPS) is 34.1. The Morgan fingerprint density at radius 1 is 1.64 bits per heavy atom. The van der Waals surface area contributed by atoms with Crippen LogP contribution >= 0.6 is 0 Å². The van der Waals surface area contributed by atoms with Crippen LogP contribution in [0.3, 0.4) is 0 Å². The molecule has 11 heavy (non-hydrogen) atoms. The maximum atomic E-state index is 6.00. The van der Waals surface area contributed by atoms with Crippen molar-refractivity contribution < 1.29 is 4.74 Å². The van der Waals surface area contributed by atoms with E-state index < -0.39 is 0 Å². The summed E-state index contributed by atoms with van der Waals surface area (Å²) < 4.78 is 5.63. The largest absolute Gasteiger partial charge is 0.374 e. The third-order valence-corrected chi connectivity index (χ3v) is 2.63. The Labute approximate surface area is 69.1 Å². The van der Waals surface area contributed by atoms with Gasteiger partial charge in [-0.05, 0) is 26.2 Å². The second-order valence-electron chi connectivity index (χ2n) is 3.66. The lowest BCUT2D eigenvalue weighted by Crippen LogP contribution is -2.44. The zero-order chi connectivity index (χ0) is 8.32. The average Bonchev–Trinajstić information content (AvgIpc) is 2.38. The van der Waals surface area contributed by atoms with Crippen LogP contribution in [0, 0.1) is 0 Å². The van der Waals surface area contributed by atoms with Crippen molar-refractivity contribution >= 4 is 0 Å². The number of rotatable bonds is 3. The van der Waals surface area contributed by atoms with E-state index in [-0.39, 0.29) is 11.6 Å². The molecule has 2 heteroatoms. The van der Waals surface area contributed by atoms with E-state index in [9.17, 15) is 0 Å². The summed E-state index contributed by atoms with van der Waals surface area (Å²) in [7, 11) is 0. The van der Waals surface area contributed by atoms with Crippen LogP contribution in [0.1, 0.15) is 39.5 Å². The molecule has 1 rings (SSSR count). The molecular formula is C9H19NO. The zero-order valence-electron chi connectivity index (χ0n) is 7.60. The van der Waals surface area contributed by atoms with E-state index in [2.05, 4.69) is 13.8 Å². The average molecular weight is 157 g/mol. The highest BCUT2D eigenvalue weighted by atomic mass is 16.5. The molecule has 1 unspecified atom stereocenters. The first-order chi connectivity index (χ1) is 5.19. The topological polar surface area (TPSA) is 35.2 Å². The van der Waals surface area contributed by atoms with Crippen molar-refractivity contribution in [3.05, 3.63) is 0 Å². The molecule has 0 aliphatic carbocycles. The fraction of sp³-hybridized carbons (Fsp3) is 1.00. The molecule has 0 amide bonds. The van der Waals surface area contributed by atoms with Crippen molar-refractivity contribution in [1.82, 2.24) is 0 Å². The molecule has 1 aliphatic rings. The van der Waals surface area contributed by atoms with Gasteiger partial charge in [-0.3, -0.25) is 0 Å². The van der Waals surface area contributed by atoms with E-state index >= 15 is 0 Å². The lowest BCUT2D eigenvalue weighted by molar-refractivity contribution is -0.00321. The summed E-state index contributed by atoms with van der Waals surface area (Å²) in [6.07, 6.45) is 4.54. The van der Waals surface area contributed by atoms with Gasteiger partial charge in [-0.1, -0.05) is 13.3 Å². The minimum absolute atomic E-state index is 0.0178. The molecule has 0 aromatic carbocycles. The minimum atomic E-state index is -0.0178. The molecule has 1 heterocycles. The van der Waals surface area contributed by atoms with Crippen LogP contribution < -0.4 is 5.73 Å². The van der Waals surface area contributed by atoms with Gasteiger partial charge in [-0.25, -0.2) is 0 Å². The molecule has 0 aromatic heterocycles. The zero-order valence-corrected chi connectivity index (χ0v) is 7.60. The van der Waals surface area contributed by atoms with E-state index in [0.717, 1.165) is 25.9 Å². The molecule has 1 fully saturated rings. The van der Waals surface area contributed by atoms with Crippen LogP contribution in [-0.2, 0) is 4.74 Å². The molecule has 0 aromatic rings. The summed E-state index contributed by atoms with van der Waals surface area (Å²) in [5.41, 5.74) is 5.98. The second kappa shape index (κ2) is 3.55. The van der Waals surface area contributed by atoms with Gasteiger partial charge < -0.3 is 10.5 Å². The van der Waals surface area contributed by atoms with Gasteiger partial charge in [0.05, 0.1) is 5.60 Å². The van der Waals surface area contributed by atoms with Crippen LogP contribution in [-0.4, -0.2) is 18.2 Å². The highest BCUT2D eigenvalue weighted by Crippen LogP contribution is 2.29. The molecule has 0 spiro atoms. The third-order valence-electron chi connectivity index (χ3n) is 2.63. The minimum Gasteiger partial charge on any atom is -0.374 e. The Hall–Kier alpha value is -0.0800. The molecular weight excluding hydrogens is 138 g/mol. The smallest absolute Gasteiger partial charge is 0.0805 e. The van der Waals surface area contributed by atoms with Crippen molar-refractivity contribution in [3.8, 4) is 0 Å². The number of ether oxygens (including phenoxy) is 1. The Balaban J connectivity index is 2.42. The van der Waals surface area contributed by atoms with Gasteiger partial charge in [0.25, 0.3) is 0 Å². The first kappa shape index (κ1) is 9.01.